The van der Waals surface area contributed by atoms with Gasteiger partial charge >= 0.3 is 0 Å². The second-order valence-corrected chi connectivity index (χ2v) is 5.11. The van der Waals surface area contributed by atoms with Crippen LogP contribution in [0.15, 0.2) is 24.3 Å². The normalized spacial score (nSPS) is 20.9. The van der Waals surface area contributed by atoms with Gasteiger partial charge in [0.25, 0.3) is 0 Å². The standard InChI is InChI=1S/C13H19FN2/c1-13(2)10-16(8-7-15-13)9-11-5-3-4-6-12(11)14/h3-6,15H,7-10H2,1-2H3. The average Bonchev–Trinajstić information content (AvgIpc) is 2.20. The number of halogens is 1. The van der Waals surface area contributed by atoms with Crippen molar-refractivity contribution in [3.8, 4) is 0 Å². The fraction of sp³-hybridized carbons (Fsp3) is 0.538. The average molecular weight is 222 g/mol. The maximum absolute atomic E-state index is 13.5. The first kappa shape index (κ1) is 11.6. The Morgan fingerprint density at radius 3 is 2.81 bits per heavy atom. The van der Waals surface area contributed by atoms with Crippen LogP contribution < -0.4 is 5.32 Å². The largest absolute Gasteiger partial charge is 0.309 e. The molecule has 0 amide bonds. The van der Waals surface area contributed by atoms with E-state index in [1.54, 1.807) is 6.07 Å². The number of hydrogen-bond donors (Lipinski definition) is 1. The van der Waals surface area contributed by atoms with Gasteiger partial charge in [0.2, 0.25) is 0 Å². The second-order valence-electron chi connectivity index (χ2n) is 5.11. The summed E-state index contributed by atoms with van der Waals surface area (Å²) in [6.45, 7) is 7.99. The topological polar surface area (TPSA) is 15.3 Å². The highest BCUT2D eigenvalue weighted by atomic mass is 19.1. The van der Waals surface area contributed by atoms with Crippen molar-refractivity contribution in [3.05, 3.63) is 35.6 Å². The molecule has 2 nitrogen and oxygen atoms in total. The Kier molecular flexibility index (Phi) is 3.26. The van der Waals surface area contributed by atoms with E-state index in [1.165, 1.54) is 6.07 Å². The van der Waals surface area contributed by atoms with Crippen LogP contribution in [-0.4, -0.2) is 30.1 Å². The molecule has 0 bridgehead atoms. The molecule has 0 unspecified atom stereocenters. The number of nitrogens with one attached hydrogen (secondary N) is 1. The predicted octanol–water partition coefficient (Wildman–Crippen LogP) is 2.01. The smallest absolute Gasteiger partial charge is 0.127 e. The molecule has 1 aliphatic heterocycles. The lowest BCUT2D eigenvalue weighted by molar-refractivity contribution is 0.147. The number of nitrogens with zero attached hydrogens (tertiary/aromatic N) is 1. The molecule has 1 aromatic rings. The van der Waals surface area contributed by atoms with E-state index >= 15 is 0 Å². The van der Waals surface area contributed by atoms with Crippen LogP contribution in [-0.2, 0) is 6.54 Å². The van der Waals surface area contributed by atoms with Crippen LogP contribution in [0.3, 0.4) is 0 Å². The van der Waals surface area contributed by atoms with E-state index in [4.69, 9.17) is 0 Å². The highest BCUT2D eigenvalue weighted by molar-refractivity contribution is 5.17. The van der Waals surface area contributed by atoms with Crippen LogP contribution in [0.5, 0.6) is 0 Å². The van der Waals surface area contributed by atoms with E-state index in [-0.39, 0.29) is 11.4 Å². The van der Waals surface area contributed by atoms with Crippen molar-refractivity contribution in [3.63, 3.8) is 0 Å². The van der Waals surface area contributed by atoms with Crippen LogP contribution >= 0.6 is 0 Å². The van der Waals surface area contributed by atoms with Crippen molar-refractivity contribution in [1.82, 2.24) is 10.2 Å². The van der Waals surface area contributed by atoms with Crippen LogP contribution in [0, 0.1) is 5.82 Å². The maximum atomic E-state index is 13.5. The van der Waals surface area contributed by atoms with Crippen molar-refractivity contribution < 1.29 is 4.39 Å². The molecule has 1 aliphatic rings. The van der Waals surface area contributed by atoms with Crippen LogP contribution in [0.25, 0.3) is 0 Å². The molecule has 0 atom stereocenters. The first-order valence-electron chi connectivity index (χ1n) is 5.78. The van der Waals surface area contributed by atoms with Gasteiger partial charge in [0.1, 0.15) is 5.82 Å². The third-order valence-corrected chi connectivity index (χ3v) is 3.00. The quantitative estimate of drug-likeness (QED) is 0.823. The Labute approximate surface area is 96.5 Å². The lowest BCUT2D eigenvalue weighted by Crippen LogP contribution is -2.56. The fourth-order valence-electron chi connectivity index (χ4n) is 2.25. The molecule has 3 heteroatoms. The van der Waals surface area contributed by atoms with Gasteiger partial charge in [0.05, 0.1) is 0 Å². The summed E-state index contributed by atoms with van der Waals surface area (Å²) in [4.78, 5) is 2.30. The number of rotatable bonds is 2. The summed E-state index contributed by atoms with van der Waals surface area (Å²) in [6, 6.07) is 7.03. The molecule has 1 N–H and O–H groups in total. The summed E-state index contributed by atoms with van der Waals surface area (Å²) < 4.78 is 13.5. The molecule has 0 radical (unpaired) electrons. The van der Waals surface area contributed by atoms with Crippen molar-refractivity contribution in [2.45, 2.75) is 25.9 Å². The molecule has 0 aromatic heterocycles. The van der Waals surface area contributed by atoms with E-state index in [0.717, 1.165) is 25.2 Å². The molecule has 16 heavy (non-hydrogen) atoms. The molecular formula is C13H19FN2. The molecule has 1 aromatic carbocycles. The molecule has 0 saturated carbocycles. The van der Waals surface area contributed by atoms with Gasteiger partial charge in [-0.3, -0.25) is 4.90 Å². The zero-order chi connectivity index (χ0) is 11.6. The molecule has 0 spiro atoms. The number of piperazine rings is 1. The molecule has 1 fully saturated rings. The maximum Gasteiger partial charge on any atom is 0.127 e. The number of benzene rings is 1. The van der Waals surface area contributed by atoms with Gasteiger partial charge in [0, 0.05) is 37.3 Å². The van der Waals surface area contributed by atoms with Gasteiger partial charge < -0.3 is 5.32 Å². The Bertz CT molecular complexity index is 363. The van der Waals surface area contributed by atoms with Crippen molar-refractivity contribution in [2.24, 2.45) is 0 Å². The summed E-state index contributed by atoms with van der Waals surface area (Å²) >= 11 is 0. The van der Waals surface area contributed by atoms with Crippen molar-refractivity contribution in [2.75, 3.05) is 19.6 Å². The van der Waals surface area contributed by atoms with Gasteiger partial charge in [-0.05, 0) is 19.9 Å². The third kappa shape index (κ3) is 2.80. The zero-order valence-corrected chi connectivity index (χ0v) is 9.96. The molecule has 1 saturated heterocycles. The Morgan fingerprint density at radius 2 is 2.12 bits per heavy atom. The van der Waals surface area contributed by atoms with Gasteiger partial charge in [0.15, 0.2) is 0 Å². The highest BCUT2D eigenvalue weighted by Gasteiger charge is 2.25. The summed E-state index contributed by atoms with van der Waals surface area (Å²) in [7, 11) is 0. The van der Waals surface area contributed by atoms with Gasteiger partial charge in [-0.25, -0.2) is 4.39 Å². The predicted molar refractivity (Wildman–Crippen MR) is 63.8 cm³/mol. The van der Waals surface area contributed by atoms with Crippen molar-refractivity contribution in [1.29, 1.82) is 0 Å². The highest BCUT2D eigenvalue weighted by Crippen LogP contribution is 2.15. The molecule has 88 valence electrons. The lowest BCUT2D eigenvalue weighted by atomic mass is 10.0. The Hall–Kier alpha value is -0.930. The minimum absolute atomic E-state index is 0.0983. The fourth-order valence-corrected chi connectivity index (χ4v) is 2.25. The zero-order valence-electron chi connectivity index (χ0n) is 9.96. The molecule has 1 heterocycles. The summed E-state index contributed by atoms with van der Waals surface area (Å²) in [5.74, 6) is -0.0983. The Morgan fingerprint density at radius 1 is 1.38 bits per heavy atom. The third-order valence-electron chi connectivity index (χ3n) is 3.00. The van der Waals surface area contributed by atoms with Crippen molar-refractivity contribution >= 4 is 0 Å². The second kappa shape index (κ2) is 4.52. The van der Waals surface area contributed by atoms with Gasteiger partial charge in [-0.15, -0.1) is 0 Å². The van der Waals surface area contributed by atoms with Gasteiger partial charge in [-0.2, -0.15) is 0 Å². The molecule has 0 aliphatic carbocycles. The summed E-state index contributed by atoms with van der Waals surface area (Å²) in [5.41, 5.74) is 0.920. The first-order valence-corrected chi connectivity index (χ1v) is 5.78. The van der Waals surface area contributed by atoms with E-state index in [9.17, 15) is 4.39 Å². The van der Waals surface area contributed by atoms with E-state index in [0.29, 0.717) is 6.54 Å². The lowest BCUT2D eigenvalue weighted by Gasteiger charge is -2.39. The van der Waals surface area contributed by atoms with Crippen LogP contribution in [0.2, 0.25) is 0 Å². The summed E-state index contributed by atoms with van der Waals surface area (Å²) in [5, 5.41) is 3.45. The van der Waals surface area contributed by atoms with E-state index < -0.39 is 0 Å². The molecular weight excluding hydrogens is 203 g/mol. The minimum atomic E-state index is -0.0983. The van der Waals surface area contributed by atoms with E-state index in [2.05, 4.69) is 24.1 Å². The van der Waals surface area contributed by atoms with E-state index in [1.807, 2.05) is 12.1 Å². The first-order chi connectivity index (χ1) is 7.57. The SMILES string of the molecule is CC1(C)CN(Cc2ccccc2F)CCN1. The number of hydrogen-bond acceptors (Lipinski definition) is 2. The Balaban J connectivity index is 2.02. The summed E-state index contributed by atoms with van der Waals surface area (Å²) in [6.07, 6.45) is 0. The van der Waals surface area contributed by atoms with Crippen LogP contribution in [0.4, 0.5) is 4.39 Å². The minimum Gasteiger partial charge on any atom is -0.309 e. The van der Waals surface area contributed by atoms with Crippen LogP contribution in [0.1, 0.15) is 19.4 Å². The monoisotopic (exact) mass is 222 g/mol. The van der Waals surface area contributed by atoms with Gasteiger partial charge in [-0.1, -0.05) is 18.2 Å². The molecule has 2 rings (SSSR count).